The lowest BCUT2D eigenvalue weighted by Crippen LogP contribution is -2.59. The van der Waals surface area contributed by atoms with E-state index in [4.69, 9.17) is 10.5 Å². The van der Waals surface area contributed by atoms with Crippen molar-refractivity contribution < 1.29 is 19.1 Å². The van der Waals surface area contributed by atoms with Crippen LogP contribution in [-0.4, -0.2) is 62.1 Å². The Balaban J connectivity index is 1.84. The van der Waals surface area contributed by atoms with Crippen LogP contribution in [-0.2, 0) is 27.2 Å². The van der Waals surface area contributed by atoms with Gasteiger partial charge in [0.25, 0.3) is 0 Å². The molecule has 0 saturated carbocycles. The molecule has 10 heteroatoms. The van der Waals surface area contributed by atoms with E-state index in [9.17, 15) is 14.4 Å². The average Bonchev–Trinajstić information content (AvgIpc) is 2.89. The van der Waals surface area contributed by atoms with Gasteiger partial charge in [0, 0.05) is 23.2 Å². The van der Waals surface area contributed by atoms with Crippen molar-refractivity contribution in [2.45, 2.75) is 51.2 Å². The second-order valence-corrected chi connectivity index (χ2v) is 11.0. The summed E-state index contributed by atoms with van der Waals surface area (Å²) in [5, 5.41) is 11.8. The van der Waals surface area contributed by atoms with Crippen molar-refractivity contribution in [3.8, 4) is 5.75 Å². The zero-order valence-electron chi connectivity index (χ0n) is 22.0. The lowest BCUT2D eigenvalue weighted by Gasteiger charge is -2.27. The van der Waals surface area contributed by atoms with Gasteiger partial charge in [0.05, 0.1) is 6.04 Å². The minimum atomic E-state index is -0.893. The molecule has 0 spiro atoms. The molecule has 1 heterocycles. The highest BCUT2D eigenvalue weighted by atomic mass is 127. The number of para-hydroxylation sites is 1. The molecule has 3 amide bonds. The largest absolute Gasteiger partial charge is 0.492 e. The molecule has 1 aliphatic heterocycles. The van der Waals surface area contributed by atoms with Crippen LogP contribution in [0.1, 0.15) is 31.4 Å². The molecule has 0 saturated heterocycles. The third kappa shape index (κ3) is 8.95. The fourth-order valence-electron chi connectivity index (χ4n) is 4.30. The first-order chi connectivity index (χ1) is 18.3. The number of ether oxygens (including phenoxy) is 1. The first kappa shape index (κ1) is 29.9. The van der Waals surface area contributed by atoms with Crippen molar-refractivity contribution >= 4 is 40.3 Å². The van der Waals surface area contributed by atoms with E-state index >= 15 is 0 Å². The first-order valence-corrected chi connectivity index (χ1v) is 14.1. The highest BCUT2D eigenvalue weighted by Gasteiger charge is 2.30. The molecule has 206 valence electrons. The summed E-state index contributed by atoms with van der Waals surface area (Å²) in [5.74, 6) is -0.506. The SMILES string of the molecule is CC(C)[C@H]1NC(=O)[C@@H](Cc2cccc(I)c2)NCCOc2ccccc2CCCNC(=O)[C@H](CN)NC1=O. The maximum Gasteiger partial charge on any atom is 0.243 e. The zero-order valence-corrected chi connectivity index (χ0v) is 24.1. The molecule has 0 unspecified atom stereocenters. The van der Waals surface area contributed by atoms with Crippen molar-refractivity contribution in [2.24, 2.45) is 11.7 Å². The molecule has 0 aliphatic carbocycles. The molecule has 0 radical (unpaired) electrons. The molecule has 2 aromatic rings. The summed E-state index contributed by atoms with van der Waals surface area (Å²) in [6.45, 7) is 4.90. The van der Waals surface area contributed by atoms with Crippen LogP contribution in [0.5, 0.6) is 5.75 Å². The van der Waals surface area contributed by atoms with Gasteiger partial charge < -0.3 is 31.7 Å². The Labute approximate surface area is 238 Å². The lowest BCUT2D eigenvalue weighted by atomic mass is 10.0. The Morgan fingerprint density at radius 3 is 2.50 bits per heavy atom. The highest BCUT2D eigenvalue weighted by Crippen LogP contribution is 2.19. The molecule has 3 rings (SSSR count). The van der Waals surface area contributed by atoms with Crippen molar-refractivity contribution in [3.63, 3.8) is 0 Å². The molecule has 38 heavy (non-hydrogen) atoms. The maximum atomic E-state index is 13.5. The van der Waals surface area contributed by atoms with Gasteiger partial charge in [0.1, 0.15) is 24.4 Å². The number of amides is 3. The van der Waals surface area contributed by atoms with Gasteiger partial charge in [-0.1, -0.05) is 44.2 Å². The minimum absolute atomic E-state index is 0.0518. The Kier molecular flexibility index (Phi) is 11.8. The van der Waals surface area contributed by atoms with E-state index in [-0.39, 0.29) is 24.3 Å². The smallest absolute Gasteiger partial charge is 0.243 e. The van der Waals surface area contributed by atoms with Crippen molar-refractivity contribution in [3.05, 3.63) is 63.2 Å². The van der Waals surface area contributed by atoms with Crippen molar-refractivity contribution in [1.29, 1.82) is 0 Å². The fraction of sp³-hybridized carbons (Fsp3) is 0.464. The Morgan fingerprint density at radius 2 is 1.76 bits per heavy atom. The average molecular weight is 636 g/mol. The van der Waals surface area contributed by atoms with Crippen LogP contribution in [0.25, 0.3) is 0 Å². The molecular formula is C28H38IN5O4. The van der Waals surface area contributed by atoms with Gasteiger partial charge in [0.2, 0.25) is 17.7 Å². The summed E-state index contributed by atoms with van der Waals surface area (Å²) in [7, 11) is 0. The summed E-state index contributed by atoms with van der Waals surface area (Å²) in [6.07, 6.45) is 1.87. The van der Waals surface area contributed by atoms with E-state index in [1.54, 1.807) is 0 Å². The van der Waals surface area contributed by atoms with E-state index < -0.39 is 24.0 Å². The van der Waals surface area contributed by atoms with E-state index in [1.807, 2.05) is 62.4 Å². The van der Waals surface area contributed by atoms with Gasteiger partial charge in [-0.3, -0.25) is 14.4 Å². The van der Waals surface area contributed by atoms with Gasteiger partial charge in [-0.15, -0.1) is 0 Å². The fourth-order valence-corrected chi connectivity index (χ4v) is 4.91. The second kappa shape index (κ2) is 15.0. The summed E-state index contributed by atoms with van der Waals surface area (Å²) in [6, 6.07) is 13.5. The van der Waals surface area contributed by atoms with Crippen LogP contribution in [0.3, 0.4) is 0 Å². The number of rotatable bonds is 4. The van der Waals surface area contributed by atoms with Crippen LogP contribution in [0.2, 0.25) is 0 Å². The van der Waals surface area contributed by atoms with Gasteiger partial charge in [-0.2, -0.15) is 0 Å². The lowest BCUT2D eigenvalue weighted by molar-refractivity contribution is -0.133. The van der Waals surface area contributed by atoms with Crippen LogP contribution in [0, 0.1) is 9.49 Å². The number of fused-ring (bicyclic) bond motifs is 1. The predicted molar refractivity (Wildman–Crippen MR) is 156 cm³/mol. The molecule has 6 N–H and O–H groups in total. The van der Waals surface area contributed by atoms with E-state index in [0.29, 0.717) is 32.5 Å². The van der Waals surface area contributed by atoms with Gasteiger partial charge in [0.15, 0.2) is 0 Å². The van der Waals surface area contributed by atoms with Crippen LogP contribution < -0.4 is 31.7 Å². The number of halogens is 1. The Hall–Kier alpha value is -2.70. The number of carbonyl (C=O) groups is 3. The third-order valence-electron chi connectivity index (χ3n) is 6.41. The number of nitrogens with two attached hydrogens (primary N) is 1. The van der Waals surface area contributed by atoms with E-state index in [0.717, 1.165) is 26.9 Å². The van der Waals surface area contributed by atoms with Crippen molar-refractivity contribution in [2.75, 3.05) is 26.2 Å². The molecule has 0 fully saturated rings. The summed E-state index contributed by atoms with van der Waals surface area (Å²) in [4.78, 5) is 39.3. The number of nitrogens with one attached hydrogen (secondary N) is 4. The molecule has 0 aromatic heterocycles. The van der Waals surface area contributed by atoms with Crippen LogP contribution >= 0.6 is 22.6 Å². The molecular weight excluding hydrogens is 597 g/mol. The zero-order chi connectivity index (χ0) is 27.5. The molecule has 1 aliphatic rings. The quantitative estimate of drug-likeness (QED) is 0.324. The van der Waals surface area contributed by atoms with Gasteiger partial charge in [-0.25, -0.2) is 0 Å². The summed E-state index contributed by atoms with van der Waals surface area (Å²) < 4.78 is 7.13. The number of benzene rings is 2. The monoisotopic (exact) mass is 635 g/mol. The highest BCUT2D eigenvalue weighted by molar-refractivity contribution is 14.1. The van der Waals surface area contributed by atoms with Crippen LogP contribution in [0.4, 0.5) is 0 Å². The minimum Gasteiger partial charge on any atom is -0.492 e. The van der Waals surface area contributed by atoms with E-state index in [1.165, 1.54) is 0 Å². The normalized spacial score (nSPS) is 22.2. The Bertz CT molecular complexity index is 1100. The number of hydrogen-bond donors (Lipinski definition) is 5. The molecule has 3 atom stereocenters. The van der Waals surface area contributed by atoms with Gasteiger partial charge in [-0.05, 0) is 77.1 Å². The van der Waals surface area contributed by atoms with Gasteiger partial charge >= 0.3 is 0 Å². The number of aryl methyl sites for hydroxylation is 1. The standard InChI is InChI=1S/C28H38IN5O4/c1-18(2)25-28(37)33-23(17-30)26(35)32-12-6-9-20-8-3-4-11-24(20)38-14-13-31-22(27(36)34-25)16-19-7-5-10-21(29)15-19/h3-5,7-8,10-11,15,18,22-23,25,31H,6,9,12-14,16-17,30H2,1-2H3,(H,32,35)(H,33,37)(H,34,36)/t22-,23+,25-/m1/s1. The Morgan fingerprint density at radius 1 is 0.974 bits per heavy atom. The molecule has 9 nitrogen and oxygen atoms in total. The first-order valence-electron chi connectivity index (χ1n) is 13.1. The molecule has 0 bridgehead atoms. The molecule has 2 aromatic carbocycles. The third-order valence-corrected chi connectivity index (χ3v) is 7.08. The number of hydrogen-bond acceptors (Lipinski definition) is 6. The van der Waals surface area contributed by atoms with Crippen LogP contribution in [0.15, 0.2) is 48.5 Å². The number of carbonyl (C=O) groups excluding carboxylic acids is 3. The maximum absolute atomic E-state index is 13.5. The topological polar surface area (TPSA) is 135 Å². The summed E-state index contributed by atoms with van der Waals surface area (Å²) >= 11 is 2.25. The predicted octanol–water partition coefficient (Wildman–Crippen LogP) is 1.52. The van der Waals surface area contributed by atoms with E-state index in [2.05, 4.69) is 43.9 Å². The summed E-state index contributed by atoms with van der Waals surface area (Å²) in [5.41, 5.74) is 7.86. The van der Waals surface area contributed by atoms with Crippen molar-refractivity contribution in [1.82, 2.24) is 21.3 Å². The second-order valence-electron chi connectivity index (χ2n) is 9.72.